The second-order valence-corrected chi connectivity index (χ2v) is 7.51. The lowest BCUT2D eigenvalue weighted by Gasteiger charge is -2.31. The Kier molecular flexibility index (Phi) is 9.80. The summed E-state index contributed by atoms with van der Waals surface area (Å²) in [5.41, 5.74) is 10.5. The molecule has 1 saturated heterocycles. The first-order valence-corrected chi connectivity index (χ1v) is 9.46. The van der Waals surface area contributed by atoms with Crippen molar-refractivity contribution >= 4 is 36.4 Å². The molecule has 2 aromatic rings. The average molecular weight is 424 g/mol. The van der Waals surface area contributed by atoms with Crippen LogP contribution in [0.1, 0.15) is 46.8 Å². The zero-order valence-electron chi connectivity index (χ0n) is 16.6. The second-order valence-electron chi connectivity index (χ2n) is 7.51. The number of nitrogen functional groups attached to an aromatic ring is 1. The number of carbonyl (C=O) groups excluding carboxylic acids is 1. The van der Waals surface area contributed by atoms with Gasteiger partial charge in [-0.1, -0.05) is 37.3 Å². The summed E-state index contributed by atoms with van der Waals surface area (Å²) in [5.74, 6) is 0.693. The molecule has 0 radical (unpaired) electrons. The number of piperidine rings is 1. The number of carbonyl (C=O) groups is 1. The van der Waals surface area contributed by atoms with Gasteiger partial charge >= 0.3 is 0 Å². The van der Waals surface area contributed by atoms with Crippen molar-refractivity contribution < 1.29 is 4.79 Å². The first-order chi connectivity index (χ1) is 12.5. The smallest absolute Gasteiger partial charge is 0.251 e. The van der Waals surface area contributed by atoms with E-state index in [1.165, 1.54) is 24.0 Å². The van der Waals surface area contributed by atoms with Crippen LogP contribution in [0.5, 0.6) is 0 Å². The fraction of sp³-hybridized carbons (Fsp3) is 0.409. The van der Waals surface area contributed by atoms with Crippen LogP contribution < -0.4 is 11.1 Å². The molecule has 1 amide bonds. The van der Waals surface area contributed by atoms with Crippen molar-refractivity contribution in [3.63, 3.8) is 0 Å². The van der Waals surface area contributed by atoms with Crippen LogP contribution >= 0.6 is 24.8 Å². The van der Waals surface area contributed by atoms with Crippen LogP contribution in [-0.4, -0.2) is 23.9 Å². The van der Waals surface area contributed by atoms with Gasteiger partial charge in [0.1, 0.15) is 0 Å². The van der Waals surface area contributed by atoms with Crippen molar-refractivity contribution in [3.8, 4) is 0 Å². The van der Waals surface area contributed by atoms with Gasteiger partial charge in [-0.2, -0.15) is 0 Å². The number of rotatable bonds is 5. The third-order valence-electron chi connectivity index (χ3n) is 5.20. The van der Waals surface area contributed by atoms with Gasteiger partial charge in [-0.05, 0) is 61.1 Å². The van der Waals surface area contributed by atoms with Crippen molar-refractivity contribution in [2.45, 2.75) is 39.8 Å². The van der Waals surface area contributed by atoms with Gasteiger partial charge in [0, 0.05) is 30.9 Å². The van der Waals surface area contributed by atoms with Gasteiger partial charge < -0.3 is 11.1 Å². The highest BCUT2D eigenvalue weighted by molar-refractivity contribution is 5.96. The van der Waals surface area contributed by atoms with Crippen molar-refractivity contribution in [2.75, 3.05) is 18.8 Å². The second kappa shape index (κ2) is 11.3. The van der Waals surface area contributed by atoms with E-state index in [-0.39, 0.29) is 30.7 Å². The molecule has 1 unspecified atom stereocenters. The highest BCUT2D eigenvalue weighted by atomic mass is 35.5. The summed E-state index contributed by atoms with van der Waals surface area (Å²) in [7, 11) is 0. The molecule has 0 aromatic heterocycles. The van der Waals surface area contributed by atoms with Gasteiger partial charge in [0.05, 0.1) is 0 Å². The highest BCUT2D eigenvalue weighted by Crippen LogP contribution is 2.20. The number of hydrogen-bond acceptors (Lipinski definition) is 3. The normalized spacial score (nSPS) is 16.6. The van der Waals surface area contributed by atoms with E-state index < -0.39 is 0 Å². The molecule has 4 nitrogen and oxygen atoms in total. The third kappa shape index (κ3) is 6.40. The van der Waals surface area contributed by atoms with E-state index in [1.807, 2.05) is 25.1 Å². The van der Waals surface area contributed by atoms with E-state index in [0.717, 1.165) is 31.1 Å². The van der Waals surface area contributed by atoms with Crippen LogP contribution in [-0.2, 0) is 13.1 Å². The minimum absolute atomic E-state index is 0. The number of anilines is 1. The maximum Gasteiger partial charge on any atom is 0.251 e. The quantitative estimate of drug-likeness (QED) is 0.691. The van der Waals surface area contributed by atoms with E-state index >= 15 is 0 Å². The molecule has 0 spiro atoms. The zero-order chi connectivity index (χ0) is 18.5. The largest absolute Gasteiger partial charge is 0.399 e. The van der Waals surface area contributed by atoms with Gasteiger partial charge in [-0.15, -0.1) is 24.8 Å². The molecule has 6 heteroatoms. The molecular formula is C22H31Cl2N3O. The zero-order valence-corrected chi connectivity index (χ0v) is 18.2. The minimum Gasteiger partial charge on any atom is -0.399 e. The number of nitrogens with one attached hydrogen (secondary N) is 1. The van der Waals surface area contributed by atoms with Gasteiger partial charge in [-0.3, -0.25) is 9.69 Å². The fourth-order valence-electron chi connectivity index (χ4n) is 3.71. The third-order valence-corrected chi connectivity index (χ3v) is 5.20. The lowest BCUT2D eigenvalue weighted by atomic mass is 9.99. The Morgan fingerprint density at radius 3 is 2.61 bits per heavy atom. The molecule has 1 heterocycles. The molecule has 0 bridgehead atoms. The van der Waals surface area contributed by atoms with Crippen molar-refractivity contribution in [3.05, 3.63) is 64.7 Å². The topological polar surface area (TPSA) is 58.4 Å². The molecule has 28 heavy (non-hydrogen) atoms. The summed E-state index contributed by atoms with van der Waals surface area (Å²) in [5, 5.41) is 3.06. The lowest BCUT2D eigenvalue weighted by molar-refractivity contribution is 0.0950. The van der Waals surface area contributed by atoms with Crippen molar-refractivity contribution in [2.24, 2.45) is 5.92 Å². The molecule has 1 atom stereocenters. The number of nitrogens with zero attached hydrogens (tertiary/aromatic N) is 1. The molecule has 1 fully saturated rings. The van der Waals surface area contributed by atoms with Crippen LogP contribution in [0.25, 0.3) is 0 Å². The van der Waals surface area contributed by atoms with Crippen LogP contribution in [0, 0.1) is 12.8 Å². The maximum absolute atomic E-state index is 12.6. The maximum atomic E-state index is 12.6. The number of amides is 1. The number of aryl methyl sites for hydroxylation is 1. The highest BCUT2D eigenvalue weighted by Gasteiger charge is 2.17. The molecule has 1 aliphatic heterocycles. The fourth-order valence-corrected chi connectivity index (χ4v) is 3.71. The Balaban J connectivity index is 0.00000196. The van der Waals surface area contributed by atoms with Crippen LogP contribution in [0.15, 0.2) is 42.5 Å². The standard InChI is InChI=1S/C22H29N3O.2ClH/c1-16-6-5-11-25(14-16)15-19-8-4-3-7-18(19)13-24-22(26)21-12-20(23)10-9-17(21)2;;/h3-4,7-10,12,16H,5-6,11,13-15,23H2,1-2H3,(H,24,26);2*1H. The Labute approximate surface area is 180 Å². The van der Waals surface area contributed by atoms with Crippen molar-refractivity contribution in [1.29, 1.82) is 0 Å². The monoisotopic (exact) mass is 423 g/mol. The van der Waals surface area contributed by atoms with Crippen LogP contribution in [0.4, 0.5) is 5.69 Å². The van der Waals surface area contributed by atoms with Crippen LogP contribution in [0.2, 0.25) is 0 Å². The molecule has 1 aliphatic rings. The molecule has 154 valence electrons. The van der Waals surface area contributed by atoms with Gasteiger partial charge in [0.15, 0.2) is 0 Å². The number of likely N-dealkylation sites (tertiary alicyclic amines) is 1. The predicted molar refractivity (Wildman–Crippen MR) is 121 cm³/mol. The van der Waals surface area contributed by atoms with Gasteiger partial charge in [-0.25, -0.2) is 0 Å². The molecule has 0 saturated carbocycles. The number of benzene rings is 2. The molecule has 0 aliphatic carbocycles. The number of hydrogen-bond donors (Lipinski definition) is 2. The van der Waals surface area contributed by atoms with E-state index in [9.17, 15) is 4.79 Å². The van der Waals surface area contributed by atoms with E-state index in [2.05, 4.69) is 35.3 Å². The van der Waals surface area contributed by atoms with E-state index in [4.69, 9.17) is 5.73 Å². The van der Waals surface area contributed by atoms with E-state index in [0.29, 0.717) is 17.8 Å². The summed E-state index contributed by atoms with van der Waals surface area (Å²) < 4.78 is 0. The number of halogens is 2. The Morgan fingerprint density at radius 1 is 1.18 bits per heavy atom. The summed E-state index contributed by atoms with van der Waals surface area (Å²) in [6, 6.07) is 13.8. The Morgan fingerprint density at radius 2 is 1.89 bits per heavy atom. The van der Waals surface area contributed by atoms with E-state index in [1.54, 1.807) is 6.07 Å². The summed E-state index contributed by atoms with van der Waals surface area (Å²) >= 11 is 0. The van der Waals surface area contributed by atoms with Crippen molar-refractivity contribution in [1.82, 2.24) is 10.2 Å². The SMILES string of the molecule is Cc1ccc(N)cc1C(=O)NCc1ccccc1CN1CCCC(C)C1.Cl.Cl. The lowest BCUT2D eigenvalue weighted by Crippen LogP contribution is -2.34. The molecule has 3 rings (SSSR count). The minimum atomic E-state index is -0.0730. The van der Waals surface area contributed by atoms with Gasteiger partial charge in [0.25, 0.3) is 5.91 Å². The summed E-state index contributed by atoms with van der Waals surface area (Å²) in [6.07, 6.45) is 2.60. The summed E-state index contributed by atoms with van der Waals surface area (Å²) in [4.78, 5) is 15.1. The molecule has 2 aromatic carbocycles. The Hall–Kier alpha value is -1.75. The average Bonchev–Trinajstić information content (AvgIpc) is 2.63. The predicted octanol–water partition coefficient (Wildman–Crippen LogP) is 4.58. The number of nitrogens with two attached hydrogens (primary N) is 1. The first kappa shape index (κ1) is 24.3. The van der Waals surface area contributed by atoms with Crippen LogP contribution in [0.3, 0.4) is 0 Å². The Bertz CT molecular complexity index is 782. The van der Waals surface area contributed by atoms with Gasteiger partial charge in [0.2, 0.25) is 0 Å². The summed E-state index contributed by atoms with van der Waals surface area (Å²) in [6.45, 7) is 8.06. The molecule has 3 N–H and O–H groups in total. The molecular weight excluding hydrogens is 393 g/mol. The first-order valence-electron chi connectivity index (χ1n) is 9.46.